The molecule has 1 aliphatic carbocycles. The van der Waals surface area contributed by atoms with E-state index >= 15 is 0 Å². The molecule has 4 aromatic rings. The number of hydrogen-bond donors (Lipinski definition) is 3. The van der Waals surface area contributed by atoms with Gasteiger partial charge in [0.15, 0.2) is 0 Å². The number of anilines is 1. The molecule has 3 heterocycles. The van der Waals surface area contributed by atoms with Crippen molar-refractivity contribution in [2.75, 3.05) is 25.6 Å². The lowest BCUT2D eigenvalue weighted by atomic mass is 9.93. The van der Waals surface area contributed by atoms with Crippen LogP contribution in [0.4, 0.5) is 10.2 Å². The first-order chi connectivity index (χ1) is 17.1. The third-order valence-corrected chi connectivity index (χ3v) is 6.62. The molecule has 1 aliphatic rings. The minimum absolute atomic E-state index is 0.0830. The van der Waals surface area contributed by atoms with Gasteiger partial charge in [-0.1, -0.05) is 0 Å². The molecule has 0 amide bonds. The van der Waals surface area contributed by atoms with Gasteiger partial charge in [-0.2, -0.15) is 10.2 Å². The summed E-state index contributed by atoms with van der Waals surface area (Å²) in [7, 11) is 1.84. The Balaban J connectivity index is 1.41. The first-order valence-electron chi connectivity index (χ1n) is 11.8. The molecular weight excluding hydrogens is 451 g/mol. The molecule has 1 aromatic carbocycles. The summed E-state index contributed by atoms with van der Waals surface area (Å²) in [5.41, 5.74) is 2.55. The molecule has 0 radical (unpaired) electrons. The van der Waals surface area contributed by atoms with Gasteiger partial charge in [0.05, 0.1) is 43.1 Å². The lowest BCUT2D eigenvalue weighted by molar-refractivity contribution is 0.131. The molecular formula is C25H29FN6O3. The Morgan fingerprint density at radius 1 is 1.11 bits per heavy atom. The highest BCUT2D eigenvalue weighted by molar-refractivity contribution is 5.93. The normalized spacial score (nSPS) is 18.3. The fraction of sp³-hybridized carbons (Fsp3) is 0.400. The second kappa shape index (κ2) is 10.0. The van der Waals surface area contributed by atoms with Crippen molar-refractivity contribution in [1.82, 2.24) is 24.5 Å². The molecule has 0 saturated heterocycles. The summed E-state index contributed by atoms with van der Waals surface area (Å²) in [4.78, 5) is 4.49. The van der Waals surface area contributed by atoms with E-state index in [1.807, 2.05) is 19.3 Å². The van der Waals surface area contributed by atoms with Gasteiger partial charge >= 0.3 is 0 Å². The summed E-state index contributed by atoms with van der Waals surface area (Å²) >= 11 is 0. The van der Waals surface area contributed by atoms with Crippen molar-refractivity contribution in [2.24, 2.45) is 0 Å². The minimum Gasteiger partial charge on any atom is -0.490 e. The molecule has 0 atom stereocenters. The number of nitrogens with zero attached hydrogens (tertiary/aromatic N) is 5. The summed E-state index contributed by atoms with van der Waals surface area (Å²) < 4.78 is 22.9. The van der Waals surface area contributed by atoms with Crippen molar-refractivity contribution in [3.63, 3.8) is 0 Å². The standard InChI is InChI=1S/C25H29FN6O3/c1-27-24-10-23-22(12-28-24)25(16-11-29-31(13-16)19(14-33)15-34)30-32(23)18-4-8-21(9-5-18)35-20-6-2-17(26)3-7-20/h2-3,6-7,10-13,18-19,21,33-34H,4-5,8-9,14-15H2,1H3,(H,27,28)/t18-,21+. The number of rotatable bonds is 8. The summed E-state index contributed by atoms with van der Waals surface area (Å²) in [6.07, 6.45) is 8.93. The SMILES string of the molecule is CNc1cc2c(cn1)c(-c1cnn(C(CO)CO)c1)nn2[C@H]1CC[C@@H](Oc2ccc(F)cc2)CC1. The molecule has 0 aliphatic heterocycles. The Morgan fingerprint density at radius 2 is 1.86 bits per heavy atom. The molecule has 3 aromatic heterocycles. The first kappa shape index (κ1) is 23.3. The molecule has 10 heteroatoms. The van der Waals surface area contributed by atoms with Gasteiger partial charge in [-0.15, -0.1) is 0 Å². The Hall–Kier alpha value is -3.50. The number of ether oxygens (including phenoxy) is 1. The Bertz CT molecular complexity index is 1280. The van der Waals surface area contributed by atoms with Crippen LogP contribution in [-0.2, 0) is 0 Å². The van der Waals surface area contributed by atoms with Crippen molar-refractivity contribution in [2.45, 2.75) is 43.9 Å². The number of fused-ring (bicyclic) bond motifs is 1. The molecule has 0 bridgehead atoms. The summed E-state index contributed by atoms with van der Waals surface area (Å²) in [6, 6.07) is 7.86. The Morgan fingerprint density at radius 3 is 2.54 bits per heavy atom. The average Bonchev–Trinajstić information content (AvgIpc) is 3.51. The maximum absolute atomic E-state index is 13.2. The summed E-state index contributed by atoms with van der Waals surface area (Å²) in [6.45, 7) is -0.410. The Kier molecular flexibility index (Phi) is 6.65. The third kappa shape index (κ3) is 4.71. The zero-order valence-electron chi connectivity index (χ0n) is 19.5. The van der Waals surface area contributed by atoms with E-state index in [2.05, 4.69) is 20.1 Å². The van der Waals surface area contributed by atoms with Gasteiger partial charge in [-0.25, -0.2) is 9.37 Å². The quantitative estimate of drug-likeness (QED) is 0.354. The van der Waals surface area contributed by atoms with Crippen LogP contribution in [-0.4, -0.2) is 61.1 Å². The fourth-order valence-electron chi connectivity index (χ4n) is 4.66. The van der Waals surface area contributed by atoms with E-state index in [1.54, 1.807) is 29.2 Å². The van der Waals surface area contributed by atoms with Gasteiger partial charge in [0, 0.05) is 36.5 Å². The van der Waals surface area contributed by atoms with Gasteiger partial charge < -0.3 is 20.3 Å². The van der Waals surface area contributed by atoms with E-state index in [0.29, 0.717) is 5.75 Å². The van der Waals surface area contributed by atoms with Gasteiger partial charge in [-0.05, 0) is 49.9 Å². The number of hydrogen-bond acceptors (Lipinski definition) is 7. The first-order valence-corrected chi connectivity index (χ1v) is 11.8. The highest BCUT2D eigenvalue weighted by Gasteiger charge is 2.27. The largest absolute Gasteiger partial charge is 0.490 e. The molecule has 5 rings (SSSR count). The fourth-order valence-corrected chi connectivity index (χ4v) is 4.66. The molecule has 1 fully saturated rings. The van der Waals surface area contributed by atoms with Crippen LogP contribution in [0.3, 0.4) is 0 Å². The van der Waals surface area contributed by atoms with Crippen molar-refractivity contribution in [3.8, 4) is 17.0 Å². The maximum Gasteiger partial charge on any atom is 0.127 e. The molecule has 35 heavy (non-hydrogen) atoms. The molecule has 1 saturated carbocycles. The maximum atomic E-state index is 13.2. The van der Waals surface area contributed by atoms with Crippen molar-refractivity contribution in [3.05, 3.63) is 54.7 Å². The third-order valence-electron chi connectivity index (χ3n) is 6.62. The molecule has 0 spiro atoms. The molecule has 3 N–H and O–H groups in total. The van der Waals surface area contributed by atoms with E-state index in [4.69, 9.17) is 9.84 Å². The zero-order valence-corrected chi connectivity index (χ0v) is 19.5. The van der Waals surface area contributed by atoms with Crippen LogP contribution in [0.1, 0.15) is 37.8 Å². The average molecular weight is 481 g/mol. The van der Waals surface area contributed by atoms with Crippen LogP contribution in [0.15, 0.2) is 48.9 Å². The van der Waals surface area contributed by atoms with Crippen LogP contribution >= 0.6 is 0 Å². The second-order valence-electron chi connectivity index (χ2n) is 8.86. The highest BCUT2D eigenvalue weighted by atomic mass is 19.1. The number of nitrogens with one attached hydrogen (secondary N) is 1. The van der Waals surface area contributed by atoms with Crippen molar-refractivity contribution < 1.29 is 19.3 Å². The van der Waals surface area contributed by atoms with Crippen molar-refractivity contribution >= 4 is 16.7 Å². The monoisotopic (exact) mass is 480 g/mol. The van der Waals surface area contributed by atoms with Crippen LogP contribution in [0.2, 0.25) is 0 Å². The summed E-state index contributed by atoms with van der Waals surface area (Å²) in [5.74, 6) is 1.17. The molecule has 9 nitrogen and oxygen atoms in total. The number of aliphatic hydroxyl groups is 2. The topological polar surface area (TPSA) is 110 Å². The van der Waals surface area contributed by atoms with E-state index in [-0.39, 0.29) is 31.2 Å². The van der Waals surface area contributed by atoms with E-state index in [1.165, 1.54) is 12.1 Å². The summed E-state index contributed by atoms with van der Waals surface area (Å²) in [5, 5.41) is 32.3. The lowest BCUT2D eigenvalue weighted by Gasteiger charge is -2.29. The van der Waals surface area contributed by atoms with Crippen LogP contribution in [0.25, 0.3) is 22.2 Å². The van der Waals surface area contributed by atoms with Gasteiger partial charge in [0.2, 0.25) is 0 Å². The second-order valence-corrected chi connectivity index (χ2v) is 8.86. The highest BCUT2D eigenvalue weighted by Crippen LogP contribution is 2.36. The predicted octanol–water partition coefficient (Wildman–Crippen LogP) is 3.56. The van der Waals surface area contributed by atoms with Gasteiger partial charge in [0.1, 0.15) is 23.1 Å². The van der Waals surface area contributed by atoms with Crippen LogP contribution in [0.5, 0.6) is 5.75 Å². The van der Waals surface area contributed by atoms with Gasteiger partial charge in [-0.3, -0.25) is 9.36 Å². The van der Waals surface area contributed by atoms with E-state index in [0.717, 1.165) is 53.7 Å². The zero-order chi connectivity index (χ0) is 24.4. The van der Waals surface area contributed by atoms with Crippen molar-refractivity contribution in [1.29, 1.82) is 0 Å². The Labute approximate surface area is 202 Å². The predicted molar refractivity (Wildman–Crippen MR) is 130 cm³/mol. The molecule has 184 valence electrons. The smallest absolute Gasteiger partial charge is 0.127 e. The van der Waals surface area contributed by atoms with Crippen LogP contribution in [0, 0.1) is 5.82 Å². The van der Waals surface area contributed by atoms with Gasteiger partial charge in [0.25, 0.3) is 0 Å². The molecule has 0 unspecified atom stereocenters. The number of halogens is 1. The minimum atomic E-state index is -0.498. The van der Waals surface area contributed by atoms with E-state index in [9.17, 15) is 14.6 Å². The van der Waals surface area contributed by atoms with E-state index < -0.39 is 6.04 Å². The number of aromatic nitrogens is 5. The number of pyridine rings is 1. The number of benzene rings is 1. The van der Waals surface area contributed by atoms with Crippen LogP contribution < -0.4 is 10.1 Å². The number of aliphatic hydroxyl groups excluding tert-OH is 2. The lowest BCUT2D eigenvalue weighted by Crippen LogP contribution is -2.26.